The predicted molar refractivity (Wildman–Crippen MR) is 63.8 cm³/mol. The van der Waals surface area contributed by atoms with Crippen molar-refractivity contribution in [3.63, 3.8) is 0 Å². The van der Waals surface area contributed by atoms with Crippen molar-refractivity contribution in [1.29, 1.82) is 0 Å². The van der Waals surface area contributed by atoms with Gasteiger partial charge in [0.2, 0.25) is 5.95 Å². The molecule has 17 heavy (non-hydrogen) atoms. The number of morpholine rings is 1. The first-order valence-corrected chi connectivity index (χ1v) is 5.75. The monoisotopic (exact) mass is 238 g/mol. The van der Waals surface area contributed by atoms with Crippen LogP contribution >= 0.6 is 0 Å². The summed E-state index contributed by atoms with van der Waals surface area (Å²) >= 11 is 0. The van der Waals surface area contributed by atoms with Gasteiger partial charge >= 0.3 is 0 Å². The number of ether oxygens (including phenoxy) is 1. The standard InChI is InChI=1S/C11H18N4O2/c1-8-9(10(12)7-16)6-13-11(14-8)15-2-4-17-5-3-15/h6,10,16H,2-5,7,12H2,1H3. The molecule has 1 saturated heterocycles. The van der Waals surface area contributed by atoms with Gasteiger partial charge in [0.25, 0.3) is 0 Å². The molecule has 1 aromatic heterocycles. The van der Waals surface area contributed by atoms with Gasteiger partial charge in [0, 0.05) is 30.5 Å². The summed E-state index contributed by atoms with van der Waals surface area (Å²) in [6, 6.07) is -0.409. The summed E-state index contributed by atoms with van der Waals surface area (Å²) in [4.78, 5) is 10.8. The number of aromatic nitrogens is 2. The zero-order valence-corrected chi connectivity index (χ0v) is 9.96. The fourth-order valence-corrected chi connectivity index (χ4v) is 1.84. The van der Waals surface area contributed by atoms with Gasteiger partial charge in [-0.05, 0) is 6.92 Å². The minimum atomic E-state index is -0.409. The van der Waals surface area contributed by atoms with E-state index in [4.69, 9.17) is 15.6 Å². The van der Waals surface area contributed by atoms with Crippen LogP contribution in [0.4, 0.5) is 5.95 Å². The van der Waals surface area contributed by atoms with Crippen LogP contribution < -0.4 is 10.6 Å². The summed E-state index contributed by atoms with van der Waals surface area (Å²) < 4.78 is 5.28. The summed E-state index contributed by atoms with van der Waals surface area (Å²) in [7, 11) is 0. The van der Waals surface area contributed by atoms with Crippen molar-refractivity contribution in [2.75, 3.05) is 37.8 Å². The van der Waals surface area contributed by atoms with Crippen molar-refractivity contribution in [2.24, 2.45) is 5.73 Å². The number of rotatable bonds is 3. The predicted octanol–water partition coefficient (Wildman–Crippen LogP) is -0.386. The highest BCUT2D eigenvalue weighted by Gasteiger charge is 2.16. The Morgan fingerprint density at radius 1 is 1.53 bits per heavy atom. The van der Waals surface area contributed by atoms with Crippen LogP contribution in [0.25, 0.3) is 0 Å². The fraction of sp³-hybridized carbons (Fsp3) is 0.636. The first kappa shape index (κ1) is 12.2. The molecule has 0 bridgehead atoms. The lowest BCUT2D eigenvalue weighted by atomic mass is 10.1. The lowest BCUT2D eigenvalue weighted by molar-refractivity contribution is 0.122. The SMILES string of the molecule is Cc1nc(N2CCOCC2)ncc1C(N)CO. The van der Waals surface area contributed by atoms with E-state index in [1.54, 1.807) is 6.20 Å². The highest BCUT2D eigenvalue weighted by molar-refractivity contribution is 5.34. The van der Waals surface area contributed by atoms with Gasteiger partial charge in [-0.15, -0.1) is 0 Å². The summed E-state index contributed by atoms with van der Waals surface area (Å²) in [5.74, 6) is 0.708. The number of nitrogens with zero attached hydrogens (tertiary/aromatic N) is 3. The maximum atomic E-state index is 9.02. The number of anilines is 1. The molecule has 1 aliphatic rings. The molecule has 1 unspecified atom stereocenters. The molecule has 1 fully saturated rings. The molecule has 2 rings (SSSR count). The van der Waals surface area contributed by atoms with E-state index in [9.17, 15) is 0 Å². The first-order valence-electron chi connectivity index (χ1n) is 5.75. The van der Waals surface area contributed by atoms with E-state index in [1.165, 1.54) is 0 Å². The van der Waals surface area contributed by atoms with Crippen LogP contribution in [-0.2, 0) is 4.74 Å². The largest absolute Gasteiger partial charge is 0.394 e. The van der Waals surface area contributed by atoms with Gasteiger partial charge < -0.3 is 20.5 Å². The summed E-state index contributed by atoms with van der Waals surface area (Å²) in [6.45, 7) is 4.83. The topological polar surface area (TPSA) is 84.5 Å². The molecule has 0 aliphatic carbocycles. The van der Waals surface area contributed by atoms with Gasteiger partial charge in [0.15, 0.2) is 0 Å². The Morgan fingerprint density at radius 3 is 2.82 bits per heavy atom. The van der Waals surface area contributed by atoms with Gasteiger partial charge in [-0.25, -0.2) is 9.97 Å². The zero-order valence-electron chi connectivity index (χ0n) is 9.96. The third-order valence-electron chi connectivity index (χ3n) is 2.89. The summed E-state index contributed by atoms with van der Waals surface area (Å²) in [5.41, 5.74) is 7.38. The number of aryl methyl sites for hydroxylation is 1. The second kappa shape index (κ2) is 5.39. The van der Waals surface area contributed by atoms with E-state index < -0.39 is 6.04 Å². The minimum Gasteiger partial charge on any atom is -0.394 e. The Bertz CT molecular complexity index is 380. The molecule has 0 aromatic carbocycles. The number of hydrogen-bond acceptors (Lipinski definition) is 6. The van der Waals surface area contributed by atoms with Crippen LogP contribution in [-0.4, -0.2) is 48.0 Å². The van der Waals surface area contributed by atoms with Gasteiger partial charge in [-0.2, -0.15) is 0 Å². The van der Waals surface area contributed by atoms with Gasteiger partial charge in [0.05, 0.1) is 25.9 Å². The molecule has 2 heterocycles. The van der Waals surface area contributed by atoms with Crippen LogP contribution in [0.3, 0.4) is 0 Å². The normalized spacial score (nSPS) is 18.2. The molecule has 0 spiro atoms. The molecule has 3 N–H and O–H groups in total. The van der Waals surface area contributed by atoms with Crippen molar-refractivity contribution in [1.82, 2.24) is 9.97 Å². The molecule has 6 heteroatoms. The van der Waals surface area contributed by atoms with Crippen molar-refractivity contribution >= 4 is 5.95 Å². The molecule has 1 aromatic rings. The Balaban J connectivity index is 2.17. The maximum absolute atomic E-state index is 9.02. The highest BCUT2D eigenvalue weighted by Crippen LogP contribution is 2.16. The molecule has 0 radical (unpaired) electrons. The Kier molecular flexibility index (Phi) is 3.88. The lowest BCUT2D eigenvalue weighted by Crippen LogP contribution is -2.37. The van der Waals surface area contributed by atoms with E-state index in [2.05, 4.69) is 14.9 Å². The Hall–Kier alpha value is -1.24. The fourth-order valence-electron chi connectivity index (χ4n) is 1.84. The first-order chi connectivity index (χ1) is 8.22. The third kappa shape index (κ3) is 2.71. The Labute approximate surface area is 100 Å². The van der Waals surface area contributed by atoms with Crippen LogP contribution in [0.15, 0.2) is 6.20 Å². The van der Waals surface area contributed by atoms with E-state index in [0.29, 0.717) is 19.2 Å². The van der Waals surface area contributed by atoms with Crippen LogP contribution in [0.5, 0.6) is 0 Å². The number of aliphatic hydroxyl groups excluding tert-OH is 1. The molecule has 1 aliphatic heterocycles. The summed E-state index contributed by atoms with van der Waals surface area (Å²) in [6.07, 6.45) is 1.70. The van der Waals surface area contributed by atoms with E-state index >= 15 is 0 Å². The third-order valence-corrected chi connectivity index (χ3v) is 2.89. The van der Waals surface area contributed by atoms with Crippen molar-refractivity contribution < 1.29 is 9.84 Å². The molecule has 6 nitrogen and oxygen atoms in total. The minimum absolute atomic E-state index is 0.0961. The lowest BCUT2D eigenvalue weighted by Gasteiger charge is -2.27. The van der Waals surface area contributed by atoms with E-state index in [1.807, 2.05) is 6.92 Å². The molecular weight excluding hydrogens is 220 g/mol. The van der Waals surface area contributed by atoms with E-state index in [0.717, 1.165) is 24.3 Å². The van der Waals surface area contributed by atoms with Crippen LogP contribution in [0.2, 0.25) is 0 Å². The van der Waals surface area contributed by atoms with Crippen molar-refractivity contribution in [3.05, 3.63) is 17.5 Å². The van der Waals surface area contributed by atoms with Gasteiger partial charge in [0.1, 0.15) is 0 Å². The smallest absolute Gasteiger partial charge is 0.225 e. The number of aliphatic hydroxyl groups is 1. The molecule has 1 atom stereocenters. The molecule has 94 valence electrons. The number of hydrogen-bond donors (Lipinski definition) is 2. The van der Waals surface area contributed by atoms with Crippen molar-refractivity contribution in [2.45, 2.75) is 13.0 Å². The van der Waals surface area contributed by atoms with Crippen LogP contribution in [0, 0.1) is 6.92 Å². The molecule has 0 saturated carbocycles. The van der Waals surface area contributed by atoms with E-state index in [-0.39, 0.29) is 6.61 Å². The number of nitrogens with two attached hydrogens (primary N) is 1. The average molecular weight is 238 g/mol. The zero-order chi connectivity index (χ0) is 12.3. The van der Waals surface area contributed by atoms with Crippen molar-refractivity contribution in [3.8, 4) is 0 Å². The molecular formula is C11H18N4O2. The second-order valence-corrected chi connectivity index (χ2v) is 4.10. The van der Waals surface area contributed by atoms with Crippen LogP contribution in [0.1, 0.15) is 17.3 Å². The quantitative estimate of drug-likeness (QED) is 0.746. The Morgan fingerprint density at radius 2 is 2.24 bits per heavy atom. The average Bonchev–Trinajstić information content (AvgIpc) is 2.39. The summed E-state index contributed by atoms with van der Waals surface area (Å²) in [5, 5.41) is 9.02. The van der Waals surface area contributed by atoms with Gasteiger partial charge in [-0.1, -0.05) is 0 Å². The maximum Gasteiger partial charge on any atom is 0.225 e. The molecule has 0 amide bonds. The highest BCUT2D eigenvalue weighted by atomic mass is 16.5. The van der Waals surface area contributed by atoms with Gasteiger partial charge in [-0.3, -0.25) is 0 Å². The second-order valence-electron chi connectivity index (χ2n) is 4.10.